The molecular formula is C14H20N2O2. The van der Waals surface area contributed by atoms with Crippen molar-refractivity contribution < 1.29 is 9.90 Å². The molecule has 4 heteroatoms. The molecule has 1 heterocycles. The van der Waals surface area contributed by atoms with Crippen molar-refractivity contribution in [2.24, 2.45) is 5.92 Å². The highest BCUT2D eigenvalue weighted by Crippen LogP contribution is 2.27. The van der Waals surface area contributed by atoms with Gasteiger partial charge in [0.25, 0.3) is 0 Å². The molecule has 1 N–H and O–H groups in total. The number of hydrogen-bond acceptors (Lipinski definition) is 3. The Hall–Kier alpha value is -1.42. The lowest BCUT2D eigenvalue weighted by molar-refractivity contribution is -0.143. The summed E-state index contributed by atoms with van der Waals surface area (Å²) in [5.41, 5.74) is 1.26. The van der Waals surface area contributed by atoms with Crippen LogP contribution in [0.3, 0.4) is 0 Å². The summed E-state index contributed by atoms with van der Waals surface area (Å²) in [4.78, 5) is 17.2. The Morgan fingerprint density at radius 2 is 1.94 bits per heavy atom. The van der Waals surface area contributed by atoms with Crippen molar-refractivity contribution in [3.8, 4) is 0 Å². The summed E-state index contributed by atoms with van der Waals surface area (Å²) in [5.74, 6) is -0.763. The van der Waals surface area contributed by atoms with E-state index in [1.54, 1.807) is 0 Å². The molecule has 1 aromatic rings. The summed E-state index contributed by atoms with van der Waals surface area (Å²) >= 11 is 0. The molecule has 0 atom stereocenters. The highest BCUT2D eigenvalue weighted by atomic mass is 16.4. The summed E-state index contributed by atoms with van der Waals surface area (Å²) in [6.07, 6.45) is 7.20. The van der Waals surface area contributed by atoms with Crippen molar-refractivity contribution in [2.75, 3.05) is 7.05 Å². The lowest BCUT2D eigenvalue weighted by atomic mass is 9.85. The Morgan fingerprint density at radius 1 is 1.33 bits per heavy atom. The molecule has 98 valence electrons. The number of pyridine rings is 1. The number of aliphatic carboxylic acids is 1. The number of carboxylic acid groups (broad SMARTS) is 1. The van der Waals surface area contributed by atoms with Gasteiger partial charge in [0.05, 0.1) is 5.92 Å². The molecule has 0 aromatic carbocycles. The van der Waals surface area contributed by atoms with E-state index in [0.717, 1.165) is 32.2 Å². The molecule has 4 nitrogen and oxygen atoms in total. The summed E-state index contributed by atoms with van der Waals surface area (Å²) < 4.78 is 0. The molecule has 0 bridgehead atoms. The van der Waals surface area contributed by atoms with Gasteiger partial charge in [0.1, 0.15) is 0 Å². The van der Waals surface area contributed by atoms with E-state index >= 15 is 0 Å². The van der Waals surface area contributed by atoms with E-state index in [9.17, 15) is 4.79 Å². The van der Waals surface area contributed by atoms with Crippen molar-refractivity contribution in [3.63, 3.8) is 0 Å². The summed E-state index contributed by atoms with van der Waals surface area (Å²) in [5, 5.41) is 8.98. The van der Waals surface area contributed by atoms with Gasteiger partial charge in [0.2, 0.25) is 0 Å². The lowest BCUT2D eigenvalue weighted by Crippen LogP contribution is -2.36. The lowest BCUT2D eigenvalue weighted by Gasteiger charge is -2.33. The second kappa shape index (κ2) is 5.96. The van der Waals surface area contributed by atoms with Crippen LogP contribution in [0.5, 0.6) is 0 Å². The normalized spacial score (nSPS) is 24.1. The molecule has 2 rings (SSSR count). The van der Waals surface area contributed by atoms with Crippen molar-refractivity contribution in [3.05, 3.63) is 30.1 Å². The molecule has 0 saturated heterocycles. The fraction of sp³-hybridized carbons (Fsp3) is 0.571. The Kier molecular flexibility index (Phi) is 4.31. The SMILES string of the molecule is CN(Cc1ccncc1)C1CCC(C(=O)O)CC1. The van der Waals surface area contributed by atoms with E-state index in [4.69, 9.17) is 5.11 Å². The molecule has 18 heavy (non-hydrogen) atoms. The third-order valence-electron chi connectivity index (χ3n) is 3.85. The highest BCUT2D eigenvalue weighted by molar-refractivity contribution is 5.70. The second-order valence-corrected chi connectivity index (χ2v) is 5.11. The van der Waals surface area contributed by atoms with Gasteiger partial charge in [-0.25, -0.2) is 0 Å². The van der Waals surface area contributed by atoms with E-state index in [2.05, 4.69) is 16.9 Å². The average Bonchev–Trinajstić information content (AvgIpc) is 2.40. The minimum atomic E-state index is -0.634. The first-order valence-electron chi connectivity index (χ1n) is 6.49. The van der Waals surface area contributed by atoms with Crippen molar-refractivity contribution >= 4 is 5.97 Å². The number of carboxylic acids is 1. The summed E-state index contributed by atoms with van der Waals surface area (Å²) in [6.45, 7) is 0.908. The Bertz CT molecular complexity index is 386. The minimum Gasteiger partial charge on any atom is -0.481 e. The first-order chi connectivity index (χ1) is 8.66. The number of nitrogens with zero attached hydrogens (tertiary/aromatic N) is 2. The van der Waals surface area contributed by atoms with Gasteiger partial charge in [0, 0.05) is 25.0 Å². The topological polar surface area (TPSA) is 53.4 Å². The zero-order valence-corrected chi connectivity index (χ0v) is 10.7. The van der Waals surface area contributed by atoms with Gasteiger partial charge in [-0.3, -0.25) is 14.7 Å². The standard InChI is InChI=1S/C14H20N2O2/c1-16(10-11-6-8-15-9-7-11)13-4-2-12(3-5-13)14(17)18/h6-9,12-13H,2-5,10H2,1H3,(H,17,18). The third-order valence-corrected chi connectivity index (χ3v) is 3.85. The first kappa shape index (κ1) is 13.0. The molecule has 1 saturated carbocycles. The maximum Gasteiger partial charge on any atom is 0.306 e. The molecule has 0 amide bonds. The maximum atomic E-state index is 10.9. The Labute approximate surface area is 108 Å². The molecule has 0 spiro atoms. The van der Waals surface area contributed by atoms with Crippen LogP contribution in [-0.4, -0.2) is 34.0 Å². The number of rotatable bonds is 4. The van der Waals surface area contributed by atoms with E-state index in [0.29, 0.717) is 6.04 Å². The molecule has 1 aliphatic rings. The quantitative estimate of drug-likeness (QED) is 0.887. The molecule has 1 aromatic heterocycles. The van der Waals surface area contributed by atoms with E-state index in [-0.39, 0.29) is 5.92 Å². The van der Waals surface area contributed by atoms with Gasteiger partial charge in [-0.2, -0.15) is 0 Å². The fourth-order valence-electron chi connectivity index (χ4n) is 2.67. The molecule has 0 unspecified atom stereocenters. The van der Waals surface area contributed by atoms with Gasteiger partial charge < -0.3 is 5.11 Å². The van der Waals surface area contributed by atoms with Crippen LogP contribution < -0.4 is 0 Å². The Balaban J connectivity index is 1.84. The largest absolute Gasteiger partial charge is 0.481 e. The predicted molar refractivity (Wildman–Crippen MR) is 69.1 cm³/mol. The molecule has 1 fully saturated rings. The van der Waals surface area contributed by atoms with Crippen molar-refractivity contribution in [1.82, 2.24) is 9.88 Å². The summed E-state index contributed by atoms with van der Waals surface area (Å²) in [7, 11) is 2.12. The zero-order chi connectivity index (χ0) is 13.0. The van der Waals surface area contributed by atoms with Gasteiger partial charge in [0.15, 0.2) is 0 Å². The van der Waals surface area contributed by atoms with Crippen molar-refractivity contribution in [1.29, 1.82) is 0 Å². The smallest absolute Gasteiger partial charge is 0.306 e. The third kappa shape index (κ3) is 3.29. The molecule has 1 aliphatic carbocycles. The second-order valence-electron chi connectivity index (χ2n) is 5.11. The van der Waals surface area contributed by atoms with Crippen molar-refractivity contribution in [2.45, 2.75) is 38.3 Å². The first-order valence-corrected chi connectivity index (χ1v) is 6.49. The number of hydrogen-bond donors (Lipinski definition) is 1. The van der Waals surface area contributed by atoms with Crippen LogP contribution in [0.2, 0.25) is 0 Å². The van der Waals surface area contributed by atoms with E-state index < -0.39 is 5.97 Å². The number of aromatic nitrogens is 1. The number of carbonyl (C=O) groups is 1. The fourth-order valence-corrected chi connectivity index (χ4v) is 2.67. The van der Waals surface area contributed by atoms with Gasteiger partial charge in [-0.15, -0.1) is 0 Å². The van der Waals surface area contributed by atoms with Crippen LogP contribution in [0.25, 0.3) is 0 Å². The summed E-state index contributed by atoms with van der Waals surface area (Å²) in [6, 6.07) is 4.56. The highest BCUT2D eigenvalue weighted by Gasteiger charge is 2.27. The van der Waals surface area contributed by atoms with Gasteiger partial charge in [-0.1, -0.05) is 0 Å². The molecule has 0 radical (unpaired) electrons. The van der Waals surface area contributed by atoms with Crippen LogP contribution in [0, 0.1) is 5.92 Å². The average molecular weight is 248 g/mol. The van der Waals surface area contributed by atoms with Crippen LogP contribution >= 0.6 is 0 Å². The van der Waals surface area contributed by atoms with Crippen LogP contribution in [0.4, 0.5) is 0 Å². The van der Waals surface area contributed by atoms with Gasteiger partial charge in [-0.05, 0) is 50.4 Å². The predicted octanol–water partition coefficient (Wildman–Crippen LogP) is 2.16. The maximum absolute atomic E-state index is 10.9. The molecule has 0 aliphatic heterocycles. The van der Waals surface area contributed by atoms with Crippen LogP contribution in [-0.2, 0) is 11.3 Å². The monoisotopic (exact) mass is 248 g/mol. The van der Waals surface area contributed by atoms with E-state index in [1.165, 1.54) is 5.56 Å². The minimum absolute atomic E-state index is 0.129. The Morgan fingerprint density at radius 3 is 2.50 bits per heavy atom. The van der Waals surface area contributed by atoms with Gasteiger partial charge >= 0.3 is 5.97 Å². The van der Waals surface area contributed by atoms with Crippen LogP contribution in [0.15, 0.2) is 24.5 Å². The molecular weight excluding hydrogens is 228 g/mol. The zero-order valence-electron chi connectivity index (χ0n) is 10.7. The van der Waals surface area contributed by atoms with Crippen LogP contribution in [0.1, 0.15) is 31.2 Å². The van der Waals surface area contributed by atoms with E-state index in [1.807, 2.05) is 24.5 Å².